The number of rotatable bonds is 1. The van der Waals surface area contributed by atoms with Crippen molar-refractivity contribution in [3.63, 3.8) is 0 Å². The number of nitrogens with zero attached hydrogens (tertiary/aromatic N) is 4. The van der Waals surface area contributed by atoms with E-state index in [9.17, 15) is 4.79 Å². The predicted molar refractivity (Wildman–Crippen MR) is 55.5 cm³/mol. The first-order chi connectivity index (χ1) is 7.18. The van der Waals surface area contributed by atoms with Gasteiger partial charge in [0.1, 0.15) is 0 Å². The van der Waals surface area contributed by atoms with Crippen LogP contribution in [0, 0.1) is 0 Å². The van der Waals surface area contributed by atoms with Crippen molar-refractivity contribution in [2.75, 3.05) is 5.73 Å². The van der Waals surface area contributed by atoms with Crippen LogP contribution < -0.4 is 11.3 Å². The molecule has 2 aromatic rings. The normalized spacial score (nSPS) is 16.1. The SMILES string of the molecule is Cn1c(N)nc2ncn(C3CC3)c2c1=O. The summed E-state index contributed by atoms with van der Waals surface area (Å²) in [6.07, 6.45) is 3.90. The standard InChI is InChI=1S/C9H11N5O/c1-13-8(15)6-7(12-9(13)10)11-4-14(6)5-2-3-5/h4-5H,2-3H2,1H3,(H2,10,12). The summed E-state index contributed by atoms with van der Waals surface area (Å²) in [5.41, 5.74) is 6.48. The second kappa shape index (κ2) is 2.59. The fourth-order valence-electron chi connectivity index (χ4n) is 1.72. The van der Waals surface area contributed by atoms with Crippen molar-refractivity contribution in [3.8, 4) is 0 Å². The maximum atomic E-state index is 11.9. The lowest BCUT2D eigenvalue weighted by atomic mass is 10.5. The van der Waals surface area contributed by atoms with Crippen molar-refractivity contribution >= 4 is 17.1 Å². The first-order valence-electron chi connectivity index (χ1n) is 4.87. The van der Waals surface area contributed by atoms with Gasteiger partial charge in [0.05, 0.1) is 6.33 Å². The number of nitrogens with two attached hydrogens (primary N) is 1. The average Bonchev–Trinajstić information content (AvgIpc) is 2.97. The van der Waals surface area contributed by atoms with Gasteiger partial charge >= 0.3 is 0 Å². The zero-order valence-electron chi connectivity index (χ0n) is 8.34. The second-order valence-corrected chi connectivity index (χ2v) is 3.89. The summed E-state index contributed by atoms with van der Waals surface area (Å²) in [6, 6.07) is 0.424. The van der Waals surface area contributed by atoms with E-state index in [1.165, 1.54) is 4.57 Å². The lowest BCUT2D eigenvalue weighted by Gasteiger charge is -2.03. The molecule has 0 bridgehead atoms. The molecular weight excluding hydrogens is 194 g/mol. The van der Waals surface area contributed by atoms with Gasteiger partial charge in [0.2, 0.25) is 5.95 Å². The van der Waals surface area contributed by atoms with E-state index >= 15 is 0 Å². The number of imidazole rings is 1. The Morgan fingerprint density at radius 1 is 1.53 bits per heavy atom. The van der Waals surface area contributed by atoms with E-state index in [2.05, 4.69) is 9.97 Å². The van der Waals surface area contributed by atoms with Crippen LogP contribution in [0.5, 0.6) is 0 Å². The largest absolute Gasteiger partial charge is 0.369 e. The molecule has 0 aliphatic heterocycles. The Labute approximate surface area is 85.4 Å². The van der Waals surface area contributed by atoms with Gasteiger partial charge in [0.15, 0.2) is 11.2 Å². The molecule has 2 N–H and O–H groups in total. The Hall–Kier alpha value is -1.85. The molecule has 78 valence electrons. The van der Waals surface area contributed by atoms with Gasteiger partial charge in [-0.25, -0.2) is 4.98 Å². The second-order valence-electron chi connectivity index (χ2n) is 3.89. The number of aromatic nitrogens is 4. The van der Waals surface area contributed by atoms with Gasteiger partial charge in [-0.3, -0.25) is 9.36 Å². The van der Waals surface area contributed by atoms with E-state index in [0.29, 0.717) is 17.2 Å². The zero-order chi connectivity index (χ0) is 10.6. The Bertz CT molecular complexity index is 592. The third-order valence-corrected chi connectivity index (χ3v) is 2.79. The Morgan fingerprint density at radius 2 is 2.27 bits per heavy atom. The molecule has 0 aromatic carbocycles. The summed E-state index contributed by atoms with van der Waals surface area (Å²) in [4.78, 5) is 20.1. The molecule has 1 aliphatic rings. The van der Waals surface area contributed by atoms with Gasteiger partial charge < -0.3 is 10.3 Å². The van der Waals surface area contributed by atoms with Crippen LogP contribution in [0.4, 0.5) is 5.95 Å². The van der Waals surface area contributed by atoms with Gasteiger partial charge in [0, 0.05) is 13.1 Å². The summed E-state index contributed by atoms with van der Waals surface area (Å²) >= 11 is 0. The zero-order valence-corrected chi connectivity index (χ0v) is 8.34. The molecular formula is C9H11N5O. The third-order valence-electron chi connectivity index (χ3n) is 2.79. The Kier molecular flexibility index (Phi) is 1.46. The number of hydrogen-bond donors (Lipinski definition) is 1. The van der Waals surface area contributed by atoms with E-state index in [1.807, 2.05) is 4.57 Å². The monoisotopic (exact) mass is 205 g/mol. The minimum absolute atomic E-state index is 0.123. The smallest absolute Gasteiger partial charge is 0.280 e. The van der Waals surface area contributed by atoms with Crippen LogP contribution in [-0.2, 0) is 7.05 Å². The van der Waals surface area contributed by atoms with Gasteiger partial charge in [0.25, 0.3) is 5.56 Å². The Balaban J connectivity index is 2.42. The first-order valence-corrected chi connectivity index (χ1v) is 4.87. The van der Waals surface area contributed by atoms with Crippen LogP contribution >= 0.6 is 0 Å². The molecule has 6 heteroatoms. The Morgan fingerprint density at radius 3 is 2.93 bits per heavy atom. The highest BCUT2D eigenvalue weighted by atomic mass is 16.1. The highest BCUT2D eigenvalue weighted by Crippen LogP contribution is 2.36. The topological polar surface area (TPSA) is 78.7 Å². The van der Waals surface area contributed by atoms with E-state index < -0.39 is 0 Å². The molecule has 2 heterocycles. The molecule has 2 aromatic heterocycles. The maximum absolute atomic E-state index is 11.9. The summed E-state index contributed by atoms with van der Waals surface area (Å²) in [5.74, 6) is 0.202. The molecule has 1 fully saturated rings. The molecule has 6 nitrogen and oxygen atoms in total. The van der Waals surface area contributed by atoms with Crippen molar-refractivity contribution < 1.29 is 0 Å². The summed E-state index contributed by atoms with van der Waals surface area (Å²) < 4.78 is 3.26. The number of fused-ring (bicyclic) bond motifs is 1. The highest BCUT2D eigenvalue weighted by molar-refractivity contribution is 5.71. The van der Waals surface area contributed by atoms with E-state index in [-0.39, 0.29) is 11.5 Å². The summed E-state index contributed by atoms with van der Waals surface area (Å²) in [7, 11) is 1.62. The molecule has 1 aliphatic carbocycles. The van der Waals surface area contributed by atoms with Gasteiger partial charge in [-0.05, 0) is 12.8 Å². The molecule has 3 rings (SSSR count). The highest BCUT2D eigenvalue weighted by Gasteiger charge is 2.26. The van der Waals surface area contributed by atoms with Crippen LogP contribution in [0.25, 0.3) is 11.2 Å². The van der Waals surface area contributed by atoms with E-state index in [4.69, 9.17) is 5.73 Å². The molecule has 0 spiro atoms. The minimum atomic E-state index is -0.123. The predicted octanol–water partition coefficient (Wildman–Crippen LogP) is 0.0471. The van der Waals surface area contributed by atoms with Crippen LogP contribution in [-0.4, -0.2) is 19.1 Å². The maximum Gasteiger partial charge on any atom is 0.280 e. The molecule has 0 unspecified atom stereocenters. The molecule has 0 saturated heterocycles. The molecule has 15 heavy (non-hydrogen) atoms. The van der Waals surface area contributed by atoms with Crippen LogP contribution in [0.15, 0.2) is 11.1 Å². The molecule has 0 radical (unpaired) electrons. The average molecular weight is 205 g/mol. The van der Waals surface area contributed by atoms with E-state index in [1.54, 1.807) is 13.4 Å². The van der Waals surface area contributed by atoms with Crippen molar-refractivity contribution in [2.24, 2.45) is 7.05 Å². The number of hydrogen-bond acceptors (Lipinski definition) is 4. The molecule has 0 amide bonds. The lowest BCUT2D eigenvalue weighted by molar-refractivity contribution is 0.752. The van der Waals surface area contributed by atoms with Crippen molar-refractivity contribution in [1.82, 2.24) is 19.1 Å². The van der Waals surface area contributed by atoms with Crippen molar-refractivity contribution in [2.45, 2.75) is 18.9 Å². The van der Waals surface area contributed by atoms with Gasteiger partial charge in [-0.15, -0.1) is 0 Å². The first kappa shape index (κ1) is 8.46. The third kappa shape index (κ3) is 1.07. The minimum Gasteiger partial charge on any atom is -0.369 e. The van der Waals surface area contributed by atoms with Crippen LogP contribution in [0.1, 0.15) is 18.9 Å². The van der Waals surface area contributed by atoms with Crippen LogP contribution in [0.2, 0.25) is 0 Å². The summed E-state index contributed by atoms with van der Waals surface area (Å²) in [6.45, 7) is 0. The molecule has 1 saturated carbocycles. The summed E-state index contributed by atoms with van der Waals surface area (Å²) in [5, 5.41) is 0. The van der Waals surface area contributed by atoms with E-state index in [0.717, 1.165) is 12.8 Å². The fraction of sp³-hybridized carbons (Fsp3) is 0.444. The van der Waals surface area contributed by atoms with Gasteiger partial charge in [-0.1, -0.05) is 0 Å². The quantitative estimate of drug-likeness (QED) is 0.713. The lowest BCUT2D eigenvalue weighted by Crippen LogP contribution is -2.23. The van der Waals surface area contributed by atoms with Gasteiger partial charge in [-0.2, -0.15) is 4.98 Å². The van der Waals surface area contributed by atoms with Crippen molar-refractivity contribution in [3.05, 3.63) is 16.7 Å². The van der Waals surface area contributed by atoms with Crippen LogP contribution in [0.3, 0.4) is 0 Å². The van der Waals surface area contributed by atoms with Crippen molar-refractivity contribution in [1.29, 1.82) is 0 Å². The number of anilines is 1. The molecule has 0 atom stereocenters. The fourth-order valence-corrected chi connectivity index (χ4v) is 1.72. The number of nitrogen functional groups attached to an aromatic ring is 1.